The van der Waals surface area contributed by atoms with Crippen molar-refractivity contribution in [2.75, 3.05) is 5.32 Å². The quantitative estimate of drug-likeness (QED) is 0.789. The predicted octanol–water partition coefficient (Wildman–Crippen LogP) is 2.77. The average molecular weight is 267 g/mol. The van der Waals surface area contributed by atoms with Crippen molar-refractivity contribution in [2.24, 2.45) is 0 Å². The number of fused-ring (bicyclic) bond motifs is 1. The van der Waals surface area contributed by atoms with Gasteiger partial charge in [0.25, 0.3) is 0 Å². The second-order valence-electron chi connectivity index (χ2n) is 4.72. The van der Waals surface area contributed by atoms with Crippen LogP contribution in [0, 0.1) is 6.92 Å². The molecule has 1 aromatic carbocycles. The highest BCUT2D eigenvalue weighted by atomic mass is 15.3. The first kappa shape index (κ1) is 12.6. The lowest BCUT2D eigenvalue weighted by Gasteiger charge is -2.10. The lowest BCUT2D eigenvalue weighted by atomic mass is 10.1. The summed E-state index contributed by atoms with van der Waals surface area (Å²) in [6, 6.07) is 10.2. The standard InChI is InChI=1S/C15H17N5/c1-3-20-10-17-19-15(20)9-16-14-8-11(2)18-13-7-5-4-6-12(13)14/h4-8,10H,3,9H2,1-2H3,(H,16,18). The van der Waals surface area contributed by atoms with Gasteiger partial charge in [0.05, 0.1) is 12.1 Å². The van der Waals surface area contributed by atoms with Crippen LogP contribution in [0.5, 0.6) is 0 Å². The fraction of sp³-hybridized carbons (Fsp3) is 0.267. The number of aromatic nitrogens is 4. The average Bonchev–Trinajstić information content (AvgIpc) is 2.92. The van der Waals surface area contributed by atoms with Crippen LogP contribution in [-0.4, -0.2) is 19.7 Å². The molecule has 20 heavy (non-hydrogen) atoms. The topological polar surface area (TPSA) is 55.6 Å². The van der Waals surface area contributed by atoms with Crippen LogP contribution in [-0.2, 0) is 13.1 Å². The Morgan fingerprint density at radius 1 is 1.25 bits per heavy atom. The molecule has 5 nitrogen and oxygen atoms in total. The van der Waals surface area contributed by atoms with E-state index in [1.54, 1.807) is 6.33 Å². The number of pyridine rings is 1. The van der Waals surface area contributed by atoms with E-state index in [-0.39, 0.29) is 0 Å². The molecule has 0 aliphatic carbocycles. The molecule has 5 heteroatoms. The van der Waals surface area contributed by atoms with Crippen LogP contribution in [0.4, 0.5) is 5.69 Å². The van der Waals surface area contributed by atoms with Crippen LogP contribution in [0.15, 0.2) is 36.7 Å². The van der Waals surface area contributed by atoms with Crippen molar-refractivity contribution in [2.45, 2.75) is 26.9 Å². The molecule has 1 N–H and O–H groups in total. The fourth-order valence-electron chi connectivity index (χ4n) is 2.31. The zero-order valence-electron chi connectivity index (χ0n) is 11.7. The van der Waals surface area contributed by atoms with Gasteiger partial charge in [-0.05, 0) is 26.0 Å². The van der Waals surface area contributed by atoms with Crippen LogP contribution in [0.25, 0.3) is 10.9 Å². The van der Waals surface area contributed by atoms with E-state index >= 15 is 0 Å². The number of aryl methyl sites for hydroxylation is 2. The molecule has 102 valence electrons. The molecule has 0 atom stereocenters. The summed E-state index contributed by atoms with van der Waals surface area (Å²) in [4.78, 5) is 4.54. The Kier molecular flexibility index (Phi) is 3.33. The van der Waals surface area contributed by atoms with E-state index in [0.29, 0.717) is 6.54 Å². The zero-order chi connectivity index (χ0) is 13.9. The minimum atomic E-state index is 0.654. The summed E-state index contributed by atoms with van der Waals surface area (Å²) in [7, 11) is 0. The van der Waals surface area contributed by atoms with Crippen molar-refractivity contribution in [3.05, 3.63) is 48.2 Å². The summed E-state index contributed by atoms with van der Waals surface area (Å²) in [5.41, 5.74) is 3.09. The molecule has 0 aliphatic heterocycles. The van der Waals surface area contributed by atoms with E-state index in [2.05, 4.69) is 39.6 Å². The first-order valence-electron chi connectivity index (χ1n) is 6.75. The Morgan fingerprint density at radius 3 is 2.95 bits per heavy atom. The fourth-order valence-corrected chi connectivity index (χ4v) is 2.31. The van der Waals surface area contributed by atoms with Crippen molar-refractivity contribution in [3.63, 3.8) is 0 Å². The number of benzene rings is 1. The molecule has 3 rings (SSSR count). The highest BCUT2D eigenvalue weighted by molar-refractivity contribution is 5.91. The van der Waals surface area contributed by atoms with Gasteiger partial charge in [-0.2, -0.15) is 0 Å². The van der Waals surface area contributed by atoms with Gasteiger partial charge in [-0.15, -0.1) is 10.2 Å². The molecule has 0 radical (unpaired) electrons. The van der Waals surface area contributed by atoms with E-state index in [0.717, 1.165) is 34.7 Å². The van der Waals surface area contributed by atoms with Gasteiger partial charge < -0.3 is 9.88 Å². The van der Waals surface area contributed by atoms with E-state index < -0.39 is 0 Å². The van der Waals surface area contributed by atoms with Crippen LogP contribution >= 0.6 is 0 Å². The lowest BCUT2D eigenvalue weighted by molar-refractivity contribution is 0.708. The molecule has 0 spiro atoms. The number of nitrogens with zero attached hydrogens (tertiary/aromatic N) is 4. The summed E-state index contributed by atoms with van der Waals surface area (Å²) >= 11 is 0. The minimum absolute atomic E-state index is 0.654. The monoisotopic (exact) mass is 267 g/mol. The van der Waals surface area contributed by atoms with Crippen molar-refractivity contribution >= 4 is 16.6 Å². The maximum atomic E-state index is 4.54. The van der Waals surface area contributed by atoms with Gasteiger partial charge in [-0.1, -0.05) is 18.2 Å². The van der Waals surface area contributed by atoms with Crippen molar-refractivity contribution < 1.29 is 0 Å². The van der Waals surface area contributed by atoms with E-state index in [1.807, 2.05) is 29.7 Å². The number of nitrogens with one attached hydrogen (secondary N) is 1. The Labute approximate surface area is 117 Å². The van der Waals surface area contributed by atoms with Crippen molar-refractivity contribution in [1.82, 2.24) is 19.7 Å². The molecule has 0 amide bonds. The zero-order valence-corrected chi connectivity index (χ0v) is 11.7. The summed E-state index contributed by atoms with van der Waals surface area (Å²) < 4.78 is 2.03. The van der Waals surface area contributed by atoms with E-state index in [9.17, 15) is 0 Å². The van der Waals surface area contributed by atoms with Crippen LogP contribution in [0.3, 0.4) is 0 Å². The third-order valence-corrected chi connectivity index (χ3v) is 3.32. The van der Waals surface area contributed by atoms with Crippen LogP contribution in [0.2, 0.25) is 0 Å². The molecule has 2 heterocycles. The molecular formula is C15H17N5. The van der Waals surface area contributed by atoms with Gasteiger partial charge in [0.1, 0.15) is 6.33 Å². The first-order chi connectivity index (χ1) is 9.78. The highest BCUT2D eigenvalue weighted by Gasteiger charge is 2.06. The maximum absolute atomic E-state index is 4.54. The Bertz CT molecular complexity index is 732. The third kappa shape index (κ3) is 2.34. The largest absolute Gasteiger partial charge is 0.377 e. The maximum Gasteiger partial charge on any atom is 0.152 e. The Balaban J connectivity index is 1.91. The third-order valence-electron chi connectivity index (χ3n) is 3.32. The molecular weight excluding hydrogens is 250 g/mol. The second-order valence-corrected chi connectivity index (χ2v) is 4.72. The summed E-state index contributed by atoms with van der Waals surface area (Å²) in [6.07, 6.45) is 1.76. The molecule has 2 aromatic heterocycles. The predicted molar refractivity (Wildman–Crippen MR) is 79.5 cm³/mol. The number of rotatable bonds is 4. The molecule has 0 unspecified atom stereocenters. The Hall–Kier alpha value is -2.43. The van der Waals surface area contributed by atoms with Crippen LogP contribution in [0.1, 0.15) is 18.4 Å². The van der Waals surface area contributed by atoms with E-state index in [1.165, 1.54) is 0 Å². The molecule has 0 fully saturated rings. The molecule has 0 saturated heterocycles. The SMILES string of the molecule is CCn1cnnc1CNc1cc(C)nc2ccccc12. The molecule has 0 aliphatic rings. The summed E-state index contributed by atoms with van der Waals surface area (Å²) in [5.74, 6) is 0.936. The van der Waals surface area contributed by atoms with Gasteiger partial charge in [-0.3, -0.25) is 4.98 Å². The lowest BCUT2D eigenvalue weighted by Crippen LogP contribution is -2.08. The normalized spacial score (nSPS) is 10.9. The van der Waals surface area contributed by atoms with Gasteiger partial charge in [-0.25, -0.2) is 0 Å². The van der Waals surface area contributed by atoms with Crippen LogP contribution < -0.4 is 5.32 Å². The summed E-state index contributed by atoms with van der Waals surface area (Å²) in [5, 5.41) is 12.7. The van der Waals surface area contributed by atoms with Gasteiger partial charge in [0.2, 0.25) is 0 Å². The molecule has 3 aromatic rings. The van der Waals surface area contributed by atoms with E-state index in [4.69, 9.17) is 0 Å². The minimum Gasteiger partial charge on any atom is -0.377 e. The van der Waals surface area contributed by atoms with Crippen molar-refractivity contribution in [3.8, 4) is 0 Å². The second kappa shape index (κ2) is 5.28. The van der Waals surface area contributed by atoms with Gasteiger partial charge >= 0.3 is 0 Å². The van der Waals surface area contributed by atoms with Gasteiger partial charge in [0.15, 0.2) is 5.82 Å². The number of anilines is 1. The number of para-hydroxylation sites is 1. The molecule has 0 bridgehead atoms. The highest BCUT2D eigenvalue weighted by Crippen LogP contribution is 2.23. The number of hydrogen-bond donors (Lipinski definition) is 1. The van der Waals surface area contributed by atoms with Crippen molar-refractivity contribution in [1.29, 1.82) is 0 Å². The molecule has 0 saturated carbocycles. The summed E-state index contributed by atoms with van der Waals surface area (Å²) in [6.45, 7) is 5.62. The first-order valence-corrected chi connectivity index (χ1v) is 6.75. The number of hydrogen-bond acceptors (Lipinski definition) is 4. The smallest absolute Gasteiger partial charge is 0.152 e. The van der Waals surface area contributed by atoms with Gasteiger partial charge in [0, 0.05) is 23.3 Å². The Morgan fingerprint density at radius 2 is 2.10 bits per heavy atom.